The second-order valence-electron chi connectivity index (χ2n) is 5.35. The van der Waals surface area contributed by atoms with Crippen molar-refractivity contribution in [3.05, 3.63) is 46.5 Å². The quantitative estimate of drug-likeness (QED) is 0.846. The molecule has 1 aromatic heterocycles. The van der Waals surface area contributed by atoms with E-state index in [1.807, 2.05) is 17.8 Å². The van der Waals surface area contributed by atoms with E-state index in [2.05, 4.69) is 4.98 Å². The van der Waals surface area contributed by atoms with Gasteiger partial charge in [-0.05, 0) is 24.6 Å². The molecular weight excluding hydrogens is 345 g/mol. The van der Waals surface area contributed by atoms with E-state index in [9.17, 15) is 8.42 Å². The summed E-state index contributed by atoms with van der Waals surface area (Å²) in [6.45, 7) is 0.876. The molecule has 1 aliphatic rings. The molecule has 0 spiro atoms. The highest BCUT2D eigenvalue weighted by atomic mass is 35.5. The monoisotopic (exact) mass is 359 g/mol. The van der Waals surface area contributed by atoms with E-state index in [0.29, 0.717) is 23.1 Å². The van der Waals surface area contributed by atoms with E-state index < -0.39 is 10.0 Å². The van der Waals surface area contributed by atoms with Gasteiger partial charge >= 0.3 is 0 Å². The Kier molecular flexibility index (Phi) is 4.20. The standard InChI is InChI=1S/C14H15Cl2N3O2S/c1-18-5-3-17-14(18)10-2-4-19(9-10)22(20,21)13-7-11(15)6-12(16)8-13/h3,5-8,10H,2,4,9H2,1H3. The molecule has 1 saturated heterocycles. The number of hydrogen-bond donors (Lipinski definition) is 0. The Labute approximate surface area is 139 Å². The van der Waals surface area contributed by atoms with Gasteiger partial charge in [-0.15, -0.1) is 0 Å². The van der Waals surface area contributed by atoms with Crippen LogP contribution < -0.4 is 0 Å². The van der Waals surface area contributed by atoms with Gasteiger partial charge in [-0.1, -0.05) is 23.2 Å². The molecule has 118 valence electrons. The van der Waals surface area contributed by atoms with Gasteiger partial charge in [0.05, 0.1) is 4.90 Å². The zero-order valence-electron chi connectivity index (χ0n) is 11.9. The first-order chi connectivity index (χ1) is 10.4. The third-order valence-corrected chi connectivity index (χ3v) is 6.13. The Morgan fingerprint density at radius 3 is 2.50 bits per heavy atom. The lowest BCUT2D eigenvalue weighted by molar-refractivity contribution is 0.470. The maximum atomic E-state index is 12.7. The summed E-state index contributed by atoms with van der Waals surface area (Å²) in [6, 6.07) is 4.37. The van der Waals surface area contributed by atoms with E-state index in [0.717, 1.165) is 12.2 Å². The number of aryl methyl sites for hydroxylation is 1. The van der Waals surface area contributed by atoms with Crippen LogP contribution in [0.5, 0.6) is 0 Å². The molecule has 2 aromatic rings. The molecule has 2 heterocycles. The minimum absolute atomic E-state index is 0.101. The lowest BCUT2D eigenvalue weighted by atomic mass is 10.1. The highest BCUT2D eigenvalue weighted by Gasteiger charge is 2.35. The van der Waals surface area contributed by atoms with Crippen molar-refractivity contribution >= 4 is 33.2 Å². The first-order valence-electron chi connectivity index (χ1n) is 6.81. The summed E-state index contributed by atoms with van der Waals surface area (Å²) >= 11 is 11.8. The minimum Gasteiger partial charge on any atom is -0.338 e. The lowest BCUT2D eigenvalue weighted by Gasteiger charge is -2.17. The number of nitrogens with zero attached hydrogens (tertiary/aromatic N) is 3. The van der Waals surface area contributed by atoms with Crippen LogP contribution in [0.1, 0.15) is 18.2 Å². The summed E-state index contributed by atoms with van der Waals surface area (Å²) in [5.41, 5.74) is 0. The molecule has 0 aliphatic carbocycles. The molecule has 1 aliphatic heterocycles. The van der Waals surface area contributed by atoms with Gasteiger partial charge in [0.1, 0.15) is 5.82 Å². The van der Waals surface area contributed by atoms with E-state index in [4.69, 9.17) is 23.2 Å². The Bertz CT molecular complexity index is 784. The van der Waals surface area contributed by atoms with Gasteiger partial charge < -0.3 is 4.57 Å². The molecule has 8 heteroatoms. The molecular formula is C14H15Cl2N3O2S. The summed E-state index contributed by atoms with van der Waals surface area (Å²) in [5, 5.41) is 0.622. The first-order valence-corrected chi connectivity index (χ1v) is 9.01. The van der Waals surface area contributed by atoms with Gasteiger partial charge in [0.15, 0.2) is 0 Å². The van der Waals surface area contributed by atoms with Gasteiger partial charge in [0.2, 0.25) is 10.0 Å². The molecule has 1 aromatic carbocycles. The van der Waals surface area contributed by atoms with Crippen LogP contribution in [-0.2, 0) is 17.1 Å². The van der Waals surface area contributed by atoms with Gasteiger partial charge in [-0.2, -0.15) is 4.31 Å². The molecule has 1 atom stereocenters. The van der Waals surface area contributed by atoms with Crippen LogP contribution in [0.15, 0.2) is 35.5 Å². The maximum absolute atomic E-state index is 12.7. The Morgan fingerprint density at radius 2 is 1.91 bits per heavy atom. The lowest BCUT2D eigenvalue weighted by Crippen LogP contribution is -2.29. The van der Waals surface area contributed by atoms with Gasteiger partial charge in [0.25, 0.3) is 0 Å². The predicted octanol–water partition coefficient (Wildman–Crippen LogP) is 2.91. The van der Waals surface area contributed by atoms with Gasteiger partial charge in [-0.3, -0.25) is 0 Å². The van der Waals surface area contributed by atoms with Crippen molar-refractivity contribution in [2.24, 2.45) is 7.05 Å². The number of aromatic nitrogens is 2. The second kappa shape index (κ2) is 5.85. The Balaban J connectivity index is 1.87. The first kappa shape index (κ1) is 15.8. The fourth-order valence-electron chi connectivity index (χ4n) is 2.75. The molecule has 3 rings (SSSR count). The number of sulfonamides is 1. The van der Waals surface area contributed by atoms with Crippen molar-refractivity contribution in [3.63, 3.8) is 0 Å². The van der Waals surface area contributed by atoms with E-state index in [1.165, 1.54) is 22.5 Å². The highest BCUT2D eigenvalue weighted by Crippen LogP contribution is 2.31. The van der Waals surface area contributed by atoms with Crippen LogP contribution in [0.3, 0.4) is 0 Å². The largest absolute Gasteiger partial charge is 0.338 e. The third kappa shape index (κ3) is 2.88. The van der Waals surface area contributed by atoms with Crippen LogP contribution >= 0.6 is 23.2 Å². The molecule has 0 radical (unpaired) electrons. The van der Waals surface area contributed by atoms with E-state index >= 15 is 0 Å². The average molecular weight is 360 g/mol. The Hall–Kier alpha value is -1.08. The van der Waals surface area contributed by atoms with E-state index in [-0.39, 0.29) is 10.8 Å². The molecule has 0 N–H and O–H groups in total. The topological polar surface area (TPSA) is 55.2 Å². The maximum Gasteiger partial charge on any atom is 0.243 e. The fourth-order valence-corrected chi connectivity index (χ4v) is 4.98. The van der Waals surface area contributed by atoms with Crippen molar-refractivity contribution in [2.75, 3.05) is 13.1 Å². The van der Waals surface area contributed by atoms with Crippen molar-refractivity contribution < 1.29 is 8.42 Å². The Morgan fingerprint density at radius 1 is 1.23 bits per heavy atom. The molecule has 1 unspecified atom stereocenters. The molecule has 0 bridgehead atoms. The van der Waals surface area contributed by atoms with Crippen LogP contribution in [0.4, 0.5) is 0 Å². The summed E-state index contributed by atoms with van der Waals surface area (Å²) in [6.07, 6.45) is 4.34. The second-order valence-corrected chi connectivity index (χ2v) is 8.16. The summed E-state index contributed by atoms with van der Waals surface area (Å²) < 4.78 is 28.8. The average Bonchev–Trinajstić information content (AvgIpc) is 3.06. The van der Waals surface area contributed by atoms with Crippen molar-refractivity contribution in [2.45, 2.75) is 17.2 Å². The van der Waals surface area contributed by atoms with Crippen LogP contribution in [0.2, 0.25) is 10.0 Å². The highest BCUT2D eigenvalue weighted by molar-refractivity contribution is 7.89. The minimum atomic E-state index is -3.59. The predicted molar refractivity (Wildman–Crippen MR) is 85.8 cm³/mol. The number of hydrogen-bond acceptors (Lipinski definition) is 3. The number of imidazole rings is 1. The van der Waals surface area contributed by atoms with E-state index in [1.54, 1.807) is 6.20 Å². The smallest absolute Gasteiger partial charge is 0.243 e. The summed E-state index contributed by atoms with van der Waals surface area (Å²) in [4.78, 5) is 4.44. The summed E-state index contributed by atoms with van der Waals surface area (Å²) in [5.74, 6) is 1.01. The van der Waals surface area contributed by atoms with Crippen LogP contribution in [0, 0.1) is 0 Å². The zero-order chi connectivity index (χ0) is 15.9. The van der Waals surface area contributed by atoms with Crippen molar-refractivity contribution in [1.29, 1.82) is 0 Å². The number of halogens is 2. The molecule has 1 fully saturated rings. The summed E-state index contributed by atoms with van der Waals surface area (Å²) in [7, 11) is -1.68. The molecule has 5 nitrogen and oxygen atoms in total. The van der Waals surface area contributed by atoms with Crippen LogP contribution in [0.25, 0.3) is 0 Å². The number of benzene rings is 1. The normalized spacial score (nSPS) is 19.7. The third-order valence-electron chi connectivity index (χ3n) is 3.85. The zero-order valence-corrected chi connectivity index (χ0v) is 14.2. The van der Waals surface area contributed by atoms with Gasteiger partial charge in [-0.25, -0.2) is 13.4 Å². The van der Waals surface area contributed by atoms with Crippen molar-refractivity contribution in [3.8, 4) is 0 Å². The molecule has 0 saturated carbocycles. The van der Waals surface area contributed by atoms with Crippen molar-refractivity contribution in [1.82, 2.24) is 13.9 Å². The fraction of sp³-hybridized carbons (Fsp3) is 0.357. The SMILES string of the molecule is Cn1ccnc1C1CCN(S(=O)(=O)c2cc(Cl)cc(Cl)c2)C1. The van der Waals surface area contributed by atoms with Gasteiger partial charge in [0, 0.05) is 48.5 Å². The number of rotatable bonds is 3. The molecule has 0 amide bonds. The molecule has 22 heavy (non-hydrogen) atoms. The van der Waals surface area contributed by atoms with Crippen LogP contribution in [-0.4, -0.2) is 35.4 Å².